The van der Waals surface area contributed by atoms with Gasteiger partial charge < -0.3 is 84.4 Å². The van der Waals surface area contributed by atoms with E-state index in [2.05, 4.69) is 0 Å². The molecule has 20 heteroatoms. The van der Waals surface area contributed by atoms with Gasteiger partial charge in [0.2, 0.25) is 11.6 Å². The maximum atomic E-state index is 11.8. The summed E-state index contributed by atoms with van der Waals surface area (Å²) in [7, 11) is 0. The summed E-state index contributed by atoms with van der Waals surface area (Å²) < 4.78 is 20.4. The van der Waals surface area contributed by atoms with Crippen LogP contribution in [0.5, 0.6) is 0 Å². The van der Waals surface area contributed by atoms with Gasteiger partial charge in [0, 0.05) is 18.8 Å². The van der Waals surface area contributed by atoms with Crippen molar-refractivity contribution >= 4 is 17.9 Å². The maximum Gasteiger partial charge on any atom is 1.00 e. The van der Waals surface area contributed by atoms with Crippen LogP contribution in [-0.4, -0.2) is 134 Å². The molecule has 17 nitrogen and oxygen atoms in total. The van der Waals surface area contributed by atoms with Gasteiger partial charge in [-0.15, -0.1) is 0 Å². The average Bonchev–Trinajstić information content (AvgIpc) is 2.83. The number of carboxylic acid groups (broad SMARTS) is 3. The van der Waals surface area contributed by atoms with Crippen molar-refractivity contribution in [3.05, 3.63) is 0 Å². The van der Waals surface area contributed by atoms with Crippen LogP contribution in [-0.2, 0) is 33.3 Å². The number of carbonyl (C=O) groups excluding carboxylic acids is 3. The van der Waals surface area contributed by atoms with Crippen LogP contribution in [0.3, 0.4) is 0 Å². The molecule has 2 aliphatic rings. The molecular weight excluding hydrogens is 581 g/mol. The molecule has 10 atom stereocenters. The Hall–Kier alpha value is 0.970. The zero-order valence-corrected chi connectivity index (χ0v) is 28.3. The third kappa shape index (κ3) is 10.6. The first-order valence-corrected chi connectivity index (χ1v) is 11.1. The predicted molar refractivity (Wildman–Crippen MR) is 104 cm³/mol. The number of aliphatic hydroxyl groups is 7. The van der Waals surface area contributed by atoms with E-state index in [1.54, 1.807) is 0 Å². The number of carboxylic acids is 3. The van der Waals surface area contributed by atoms with E-state index >= 15 is 0 Å². The van der Waals surface area contributed by atoms with Gasteiger partial charge >= 0.3 is 88.7 Å². The van der Waals surface area contributed by atoms with Gasteiger partial charge in [-0.05, 0) is 12.8 Å². The predicted octanol–water partition coefficient (Wildman–Crippen LogP) is -17.8. The second-order valence-corrected chi connectivity index (χ2v) is 8.72. The number of aliphatic carboxylic acids is 3. The summed E-state index contributed by atoms with van der Waals surface area (Å²) in [6.07, 6.45) is -18.0. The van der Waals surface area contributed by atoms with Crippen molar-refractivity contribution in [3.8, 4) is 0 Å². The SMILES string of the molecule is O=C([O-])CCCO[C@]1(C(=O)[O-])C[C@@H](O)[C@@H](O)[C@@H]([C@H](O)CO[C@]2(C(=O)[O-])C[C@@H](O)[C@@H](O)[C@@H]([C@H](O)CO)O2)O1.[Na+].[Na+].[Na+]. The molecule has 0 radical (unpaired) electrons. The molecule has 0 unspecified atom stereocenters. The quantitative estimate of drug-likeness (QED) is 0.0752. The molecule has 40 heavy (non-hydrogen) atoms. The van der Waals surface area contributed by atoms with Gasteiger partial charge in [0.05, 0.1) is 32.0 Å². The first-order valence-electron chi connectivity index (χ1n) is 11.1. The molecule has 0 aromatic carbocycles. The maximum absolute atomic E-state index is 11.8. The minimum atomic E-state index is -2.90. The molecule has 0 aromatic heterocycles. The van der Waals surface area contributed by atoms with Crippen LogP contribution in [0.25, 0.3) is 0 Å². The monoisotopic (exact) mass is 610 g/mol. The Balaban J connectivity index is 0. The average molecular weight is 610 g/mol. The third-order valence-electron chi connectivity index (χ3n) is 5.99. The number of rotatable bonds is 13. The van der Waals surface area contributed by atoms with Gasteiger partial charge in [-0.1, -0.05) is 0 Å². The van der Waals surface area contributed by atoms with Crippen molar-refractivity contribution in [2.75, 3.05) is 19.8 Å². The largest absolute Gasteiger partial charge is 1.00 e. The summed E-state index contributed by atoms with van der Waals surface area (Å²) >= 11 is 0. The number of ether oxygens (including phenoxy) is 4. The molecule has 7 N–H and O–H groups in total. The van der Waals surface area contributed by atoms with Crippen LogP contribution < -0.4 is 104 Å². The molecule has 0 saturated carbocycles. The smallest absolute Gasteiger partial charge is 0.550 e. The normalized spacial score (nSPS) is 35.2. The molecule has 0 bridgehead atoms. The summed E-state index contributed by atoms with van der Waals surface area (Å²) in [6.45, 7) is -2.66. The van der Waals surface area contributed by atoms with E-state index in [1.165, 1.54) is 0 Å². The molecule has 0 amide bonds. The van der Waals surface area contributed by atoms with Crippen molar-refractivity contribution in [1.82, 2.24) is 0 Å². The van der Waals surface area contributed by atoms with E-state index in [1.807, 2.05) is 0 Å². The van der Waals surface area contributed by atoms with Crippen molar-refractivity contribution < 1.29 is 173 Å². The zero-order valence-electron chi connectivity index (χ0n) is 22.3. The third-order valence-corrected chi connectivity index (χ3v) is 5.99. The molecule has 0 spiro atoms. The summed E-state index contributed by atoms with van der Waals surface area (Å²) in [5.41, 5.74) is 0. The topological polar surface area (TPSA) is 299 Å². The van der Waals surface area contributed by atoms with Crippen LogP contribution in [0.2, 0.25) is 0 Å². The summed E-state index contributed by atoms with van der Waals surface area (Å²) in [5, 5.41) is 104. The Morgan fingerprint density at radius 3 is 1.62 bits per heavy atom. The Labute approximate surface area is 294 Å². The Bertz CT molecular complexity index is 823. The summed E-state index contributed by atoms with van der Waals surface area (Å²) in [6, 6.07) is 0. The van der Waals surface area contributed by atoms with Gasteiger partial charge in [-0.25, -0.2) is 0 Å². The number of aliphatic hydroxyl groups excluding tert-OH is 7. The van der Waals surface area contributed by atoms with E-state index < -0.39 is 117 Å². The first kappa shape index (κ1) is 43.1. The number of hydrogen-bond donors (Lipinski definition) is 7. The van der Waals surface area contributed by atoms with Crippen molar-refractivity contribution in [2.45, 2.75) is 86.1 Å². The Morgan fingerprint density at radius 1 is 0.800 bits per heavy atom. The molecule has 0 aromatic rings. The fourth-order valence-corrected chi connectivity index (χ4v) is 3.96. The van der Waals surface area contributed by atoms with Crippen LogP contribution in [0, 0.1) is 0 Å². The molecule has 2 fully saturated rings. The van der Waals surface area contributed by atoms with E-state index in [4.69, 9.17) is 24.1 Å². The second-order valence-electron chi connectivity index (χ2n) is 8.72. The van der Waals surface area contributed by atoms with E-state index in [9.17, 15) is 60.3 Å². The van der Waals surface area contributed by atoms with Crippen LogP contribution in [0.1, 0.15) is 25.7 Å². The number of carbonyl (C=O) groups is 3. The van der Waals surface area contributed by atoms with E-state index in [-0.39, 0.29) is 95.1 Å². The molecule has 2 aliphatic heterocycles. The van der Waals surface area contributed by atoms with E-state index in [0.717, 1.165) is 0 Å². The van der Waals surface area contributed by atoms with Crippen LogP contribution in [0.15, 0.2) is 0 Å². The molecule has 2 heterocycles. The summed E-state index contributed by atoms with van der Waals surface area (Å²) in [4.78, 5) is 34.1. The van der Waals surface area contributed by atoms with Crippen molar-refractivity contribution in [1.29, 1.82) is 0 Å². The Kier molecular flexibility index (Phi) is 20.2. The molecule has 214 valence electrons. The minimum Gasteiger partial charge on any atom is -0.550 e. The minimum absolute atomic E-state index is 0. The number of hydrogen-bond acceptors (Lipinski definition) is 17. The van der Waals surface area contributed by atoms with Gasteiger partial charge in [0.25, 0.3) is 0 Å². The van der Waals surface area contributed by atoms with E-state index in [0.29, 0.717) is 0 Å². The molecule has 0 aliphatic carbocycles. The second kappa shape index (κ2) is 18.7. The van der Waals surface area contributed by atoms with Gasteiger partial charge in [0.1, 0.15) is 48.6 Å². The first-order chi connectivity index (χ1) is 17.2. The standard InChI is InChI=1S/C20H32O17.3Na/c21-6-10(24)15-13(28)9(23)5-20(36-15,18(32)33)35-7-11(25)16-14(29)8(22)4-19(37-16,17(30)31)34-3-1-2-12(26)27;;;/h8-11,13-16,21-25,28-29H,1-7H2,(H,26,27)(H,30,31)(H,32,33);;;/q;3*+1/p-3/t8-,9-,10-,11-,13-,14-,15-,16-,19-,20-;;;/m1.../s1. The van der Waals surface area contributed by atoms with Gasteiger partial charge in [-0.2, -0.15) is 0 Å². The fourth-order valence-electron chi connectivity index (χ4n) is 3.96. The van der Waals surface area contributed by atoms with Gasteiger partial charge in [-0.3, -0.25) is 0 Å². The van der Waals surface area contributed by atoms with Crippen LogP contribution in [0.4, 0.5) is 0 Å². The van der Waals surface area contributed by atoms with Crippen molar-refractivity contribution in [2.24, 2.45) is 0 Å². The zero-order chi connectivity index (χ0) is 28.1. The fraction of sp³-hybridized carbons (Fsp3) is 0.850. The molecule has 2 rings (SSSR count). The Morgan fingerprint density at radius 2 is 1.23 bits per heavy atom. The summed E-state index contributed by atoms with van der Waals surface area (Å²) in [5.74, 6) is -11.3. The molecular formula is C20H29Na3O17. The van der Waals surface area contributed by atoms with Crippen molar-refractivity contribution in [3.63, 3.8) is 0 Å². The van der Waals surface area contributed by atoms with Crippen LogP contribution >= 0.6 is 0 Å². The molecule has 2 saturated heterocycles. The van der Waals surface area contributed by atoms with Gasteiger partial charge in [0.15, 0.2) is 0 Å².